The maximum atomic E-state index is 11.6. The summed E-state index contributed by atoms with van der Waals surface area (Å²) in [4.78, 5) is 11.6. The van der Waals surface area contributed by atoms with Gasteiger partial charge in [0.05, 0.1) is 19.3 Å². The third-order valence-electron chi connectivity index (χ3n) is 7.78. The Labute approximate surface area is 242 Å². The van der Waals surface area contributed by atoms with Gasteiger partial charge in [0.15, 0.2) is 31.3 Å². The fourth-order valence-corrected chi connectivity index (χ4v) is 5.23. The molecular formula is C23H38O20. The highest BCUT2D eigenvalue weighted by molar-refractivity contribution is 5.73. The van der Waals surface area contributed by atoms with Crippen LogP contribution in [0.3, 0.4) is 0 Å². The molecular weight excluding hydrogens is 596 g/mol. The number of rotatable bonds is 9. The summed E-state index contributed by atoms with van der Waals surface area (Å²) in [5, 5.41) is 122. The largest absolute Gasteiger partial charge is 0.479 e. The normalized spacial score (nSPS) is 52.7. The van der Waals surface area contributed by atoms with Gasteiger partial charge in [0.1, 0.15) is 79.4 Å². The minimum absolute atomic E-state index is 0.691. The second-order valence-corrected chi connectivity index (χ2v) is 10.7. The van der Waals surface area contributed by atoms with Crippen LogP contribution in [-0.2, 0) is 38.0 Å². The number of aliphatic hydroxyl groups excluding tert-OH is 11. The maximum absolute atomic E-state index is 11.6. The minimum Gasteiger partial charge on any atom is -0.479 e. The SMILES string of the molecule is C[C@@H]1O[C@@H](O[C@H]2[C@H](O)[C@@H](O)[C@H](O[C@H]3[C@H](O)[C@@H](O)[C@H](O)O[C@@H]3C(=O)O)O[C@@H]2CO)[C@H](O[C@@H]2O[C@@H](CO)[C@H](O)[C@H]2O)[C@H](O)[C@H]1O. The van der Waals surface area contributed by atoms with Crippen LogP contribution in [0, 0.1) is 0 Å². The molecule has 0 aromatic rings. The van der Waals surface area contributed by atoms with E-state index in [1.54, 1.807) is 0 Å². The van der Waals surface area contributed by atoms with Crippen molar-refractivity contribution in [1.82, 2.24) is 0 Å². The van der Waals surface area contributed by atoms with Crippen molar-refractivity contribution in [2.45, 2.75) is 124 Å². The molecule has 0 bridgehead atoms. The number of ether oxygens (including phenoxy) is 7. The summed E-state index contributed by atoms with van der Waals surface area (Å²) >= 11 is 0. The number of hydrogen-bond donors (Lipinski definition) is 12. The molecule has 4 fully saturated rings. The van der Waals surface area contributed by atoms with Crippen LogP contribution < -0.4 is 0 Å². The van der Waals surface area contributed by atoms with Gasteiger partial charge in [0.2, 0.25) is 0 Å². The Balaban J connectivity index is 1.50. The highest BCUT2D eigenvalue weighted by Crippen LogP contribution is 2.34. The first kappa shape index (κ1) is 34.6. The van der Waals surface area contributed by atoms with Gasteiger partial charge in [-0.1, -0.05) is 0 Å². The molecule has 43 heavy (non-hydrogen) atoms. The molecule has 20 nitrogen and oxygen atoms in total. The maximum Gasteiger partial charge on any atom is 0.335 e. The Morgan fingerprint density at radius 2 is 1.05 bits per heavy atom. The Hall–Kier alpha value is -1.25. The van der Waals surface area contributed by atoms with Crippen molar-refractivity contribution in [3.8, 4) is 0 Å². The molecule has 0 aromatic carbocycles. The molecule has 250 valence electrons. The molecule has 4 aliphatic heterocycles. The van der Waals surface area contributed by atoms with Gasteiger partial charge in [-0.05, 0) is 6.92 Å². The summed E-state index contributed by atoms with van der Waals surface area (Å²) in [7, 11) is 0. The summed E-state index contributed by atoms with van der Waals surface area (Å²) in [6, 6.07) is 0. The van der Waals surface area contributed by atoms with E-state index in [0.717, 1.165) is 0 Å². The molecule has 20 heteroatoms. The molecule has 4 saturated heterocycles. The van der Waals surface area contributed by atoms with Gasteiger partial charge in [-0.2, -0.15) is 0 Å². The minimum atomic E-state index is -2.09. The summed E-state index contributed by atoms with van der Waals surface area (Å²) in [6.07, 6.45) is -33.5. The lowest BCUT2D eigenvalue weighted by Crippen LogP contribution is -2.67. The van der Waals surface area contributed by atoms with Crippen LogP contribution in [0.2, 0.25) is 0 Å². The molecule has 0 aliphatic carbocycles. The lowest BCUT2D eigenvalue weighted by Gasteiger charge is -2.48. The van der Waals surface area contributed by atoms with Crippen LogP contribution in [0.5, 0.6) is 0 Å². The molecule has 0 aromatic heterocycles. The van der Waals surface area contributed by atoms with Gasteiger partial charge in [-0.3, -0.25) is 0 Å². The topological polar surface area (TPSA) is 324 Å². The average Bonchev–Trinajstić information content (AvgIpc) is 3.25. The van der Waals surface area contributed by atoms with E-state index in [2.05, 4.69) is 0 Å². The molecule has 0 amide bonds. The molecule has 0 saturated carbocycles. The van der Waals surface area contributed by atoms with Crippen LogP contribution in [0.25, 0.3) is 0 Å². The molecule has 19 atom stereocenters. The number of carbonyl (C=O) groups is 1. The van der Waals surface area contributed by atoms with Gasteiger partial charge in [0, 0.05) is 0 Å². The zero-order valence-corrected chi connectivity index (χ0v) is 22.5. The highest BCUT2D eigenvalue weighted by Gasteiger charge is 2.55. The Bertz CT molecular complexity index is 925. The van der Waals surface area contributed by atoms with Crippen molar-refractivity contribution >= 4 is 5.97 Å². The Morgan fingerprint density at radius 1 is 0.558 bits per heavy atom. The average molecular weight is 635 g/mol. The first-order valence-electron chi connectivity index (χ1n) is 13.4. The number of aliphatic hydroxyl groups is 11. The van der Waals surface area contributed by atoms with Crippen molar-refractivity contribution in [1.29, 1.82) is 0 Å². The Kier molecular flexibility index (Phi) is 11.3. The van der Waals surface area contributed by atoms with Crippen molar-refractivity contribution in [2.24, 2.45) is 0 Å². The standard InChI is InChI=1S/C23H38O20/c1-4-7(26)9(28)17(43-21-13(32)8(27)5(2-24)38-21)23(37-4)41-15-6(3-25)39-22(14(33)11(15)30)42-16-10(29)12(31)20(36)40-18(16)19(34)35/h4-18,20-33,36H,2-3H2,1H3,(H,34,35)/t4-,5-,6+,7-,8-,9+,10+,11+,12+,13+,14+,15+,16-,17+,18-,20+,21-,22-,23-/m0/s1. The fraction of sp³-hybridized carbons (Fsp3) is 0.957. The molecule has 0 unspecified atom stereocenters. The van der Waals surface area contributed by atoms with Crippen LogP contribution in [0.1, 0.15) is 6.92 Å². The molecule has 4 aliphatic rings. The van der Waals surface area contributed by atoms with E-state index in [1.165, 1.54) is 6.92 Å². The Morgan fingerprint density at radius 3 is 1.60 bits per heavy atom. The van der Waals surface area contributed by atoms with Crippen molar-refractivity contribution in [3.05, 3.63) is 0 Å². The fourth-order valence-electron chi connectivity index (χ4n) is 5.23. The van der Waals surface area contributed by atoms with Crippen LogP contribution in [0.15, 0.2) is 0 Å². The van der Waals surface area contributed by atoms with Gasteiger partial charge >= 0.3 is 5.97 Å². The van der Waals surface area contributed by atoms with Gasteiger partial charge in [-0.25, -0.2) is 4.79 Å². The highest BCUT2D eigenvalue weighted by atomic mass is 16.8. The summed E-state index contributed by atoms with van der Waals surface area (Å²) < 4.78 is 37.7. The van der Waals surface area contributed by atoms with E-state index in [-0.39, 0.29) is 0 Å². The number of hydrogen-bond acceptors (Lipinski definition) is 19. The van der Waals surface area contributed by atoms with Gasteiger partial charge < -0.3 is 94.4 Å². The van der Waals surface area contributed by atoms with Crippen LogP contribution in [0.4, 0.5) is 0 Å². The molecule has 12 N–H and O–H groups in total. The molecule has 0 spiro atoms. The predicted octanol–water partition coefficient (Wildman–Crippen LogP) is -7.99. The van der Waals surface area contributed by atoms with E-state index < -0.39 is 136 Å². The van der Waals surface area contributed by atoms with Crippen molar-refractivity contribution in [3.63, 3.8) is 0 Å². The second kappa shape index (κ2) is 14.0. The van der Waals surface area contributed by atoms with E-state index in [0.29, 0.717) is 0 Å². The number of carboxylic acid groups (broad SMARTS) is 1. The third kappa shape index (κ3) is 6.82. The van der Waals surface area contributed by atoms with Crippen molar-refractivity contribution in [2.75, 3.05) is 13.2 Å². The van der Waals surface area contributed by atoms with Gasteiger partial charge in [0.25, 0.3) is 0 Å². The van der Waals surface area contributed by atoms with E-state index in [1.807, 2.05) is 0 Å². The van der Waals surface area contributed by atoms with Crippen LogP contribution in [-0.4, -0.2) is 197 Å². The van der Waals surface area contributed by atoms with Crippen molar-refractivity contribution < 1.29 is 99.2 Å². The lowest BCUT2D eigenvalue weighted by atomic mass is 9.96. The third-order valence-corrected chi connectivity index (χ3v) is 7.78. The number of aliphatic carboxylic acids is 1. The summed E-state index contributed by atoms with van der Waals surface area (Å²) in [5.74, 6) is -1.72. The second-order valence-electron chi connectivity index (χ2n) is 10.7. The first-order chi connectivity index (χ1) is 20.2. The smallest absolute Gasteiger partial charge is 0.335 e. The van der Waals surface area contributed by atoms with Gasteiger partial charge in [-0.15, -0.1) is 0 Å². The zero-order valence-electron chi connectivity index (χ0n) is 22.5. The summed E-state index contributed by atoms with van der Waals surface area (Å²) in [5.41, 5.74) is 0. The lowest BCUT2D eigenvalue weighted by molar-refractivity contribution is -0.382. The van der Waals surface area contributed by atoms with E-state index in [4.69, 9.17) is 33.2 Å². The molecule has 0 radical (unpaired) electrons. The molecule has 4 rings (SSSR count). The predicted molar refractivity (Wildman–Crippen MR) is 127 cm³/mol. The van der Waals surface area contributed by atoms with E-state index in [9.17, 15) is 66.1 Å². The monoisotopic (exact) mass is 634 g/mol. The molecule has 4 heterocycles. The summed E-state index contributed by atoms with van der Waals surface area (Å²) in [6.45, 7) is -0.261. The van der Waals surface area contributed by atoms with E-state index >= 15 is 0 Å². The van der Waals surface area contributed by atoms with Crippen LogP contribution >= 0.6 is 0 Å². The zero-order chi connectivity index (χ0) is 31.9. The first-order valence-corrected chi connectivity index (χ1v) is 13.4. The quantitative estimate of drug-likeness (QED) is 0.112. The number of carboxylic acids is 1.